The highest BCUT2D eigenvalue weighted by molar-refractivity contribution is 5.77. The topological polar surface area (TPSA) is 66.3 Å². The van der Waals surface area contributed by atoms with E-state index >= 15 is 0 Å². The summed E-state index contributed by atoms with van der Waals surface area (Å²) in [5.41, 5.74) is 1.58. The molecule has 0 aliphatic heterocycles. The molecule has 2 rings (SSSR count). The average Bonchev–Trinajstić information content (AvgIpc) is 2.35. The molecular weight excluding hydrogens is 218 g/mol. The quantitative estimate of drug-likeness (QED) is 0.864. The molecule has 1 aromatic heterocycles. The summed E-state index contributed by atoms with van der Waals surface area (Å²) < 4.78 is 0. The zero-order valence-corrected chi connectivity index (χ0v) is 9.50. The van der Waals surface area contributed by atoms with E-state index in [1.807, 2.05) is 31.2 Å². The van der Waals surface area contributed by atoms with E-state index in [9.17, 15) is 4.79 Å². The number of rotatable bonds is 4. The smallest absolute Gasteiger partial charge is 0.323 e. The maximum atomic E-state index is 10.7. The van der Waals surface area contributed by atoms with Gasteiger partial charge >= 0.3 is 5.97 Å². The molecule has 0 saturated heterocycles. The number of aliphatic carboxylic acids is 1. The summed E-state index contributed by atoms with van der Waals surface area (Å²) in [6.07, 6.45) is 1.61. The van der Waals surface area contributed by atoms with Crippen molar-refractivity contribution in [3.63, 3.8) is 0 Å². The second-order valence-electron chi connectivity index (χ2n) is 3.62. The first-order valence-electron chi connectivity index (χ1n) is 5.39. The predicted octanol–water partition coefficient (Wildman–Crippen LogP) is 1.54. The summed E-state index contributed by atoms with van der Waals surface area (Å²) in [5.74, 6) is -0.282. The van der Waals surface area contributed by atoms with Gasteiger partial charge in [-0.05, 0) is 19.1 Å². The minimum atomic E-state index is -0.873. The fourth-order valence-electron chi connectivity index (χ4n) is 1.62. The SMILES string of the molecule is CCN(CC(=O)O)c1cnc2ccccc2n1. The van der Waals surface area contributed by atoms with Crippen LogP contribution in [0.2, 0.25) is 0 Å². The molecule has 0 bridgehead atoms. The number of aromatic nitrogens is 2. The maximum absolute atomic E-state index is 10.7. The molecule has 88 valence electrons. The molecule has 0 fully saturated rings. The van der Waals surface area contributed by atoms with E-state index in [0.29, 0.717) is 12.4 Å². The number of para-hydroxylation sites is 2. The molecule has 0 amide bonds. The highest BCUT2D eigenvalue weighted by Gasteiger charge is 2.10. The molecule has 0 aliphatic rings. The summed E-state index contributed by atoms with van der Waals surface area (Å²) in [7, 11) is 0. The van der Waals surface area contributed by atoms with E-state index in [1.54, 1.807) is 11.1 Å². The number of nitrogens with zero attached hydrogens (tertiary/aromatic N) is 3. The van der Waals surface area contributed by atoms with Crippen molar-refractivity contribution in [3.8, 4) is 0 Å². The van der Waals surface area contributed by atoms with Crippen molar-refractivity contribution in [1.82, 2.24) is 9.97 Å². The van der Waals surface area contributed by atoms with Crippen molar-refractivity contribution in [2.24, 2.45) is 0 Å². The van der Waals surface area contributed by atoms with Gasteiger partial charge in [-0.2, -0.15) is 0 Å². The van der Waals surface area contributed by atoms with Crippen LogP contribution in [0.25, 0.3) is 11.0 Å². The third kappa shape index (κ3) is 2.50. The fourth-order valence-corrected chi connectivity index (χ4v) is 1.62. The first-order chi connectivity index (χ1) is 8.20. The van der Waals surface area contributed by atoms with Crippen molar-refractivity contribution >= 4 is 22.8 Å². The van der Waals surface area contributed by atoms with E-state index in [0.717, 1.165) is 11.0 Å². The Hall–Kier alpha value is -2.17. The fraction of sp³-hybridized carbons (Fsp3) is 0.250. The van der Waals surface area contributed by atoms with Crippen LogP contribution in [-0.2, 0) is 4.79 Å². The zero-order chi connectivity index (χ0) is 12.3. The van der Waals surface area contributed by atoms with E-state index in [2.05, 4.69) is 9.97 Å². The number of carboxylic acids is 1. The van der Waals surface area contributed by atoms with Crippen LogP contribution in [0, 0.1) is 0 Å². The minimum absolute atomic E-state index is 0.0660. The molecule has 0 spiro atoms. The minimum Gasteiger partial charge on any atom is -0.480 e. The first kappa shape index (κ1) is 11.3. The van der Waals surface area contributed by atoms with Crippen LogP contribution < -0.4 is 4.90 Å². The Morgan fingerprint density at radius 3 is 2.71 bits per heavy atom. The number of carbonyl (C=O) groups is 1. The van der Waals surface area contributed by atoms with Crippen molar-refractivity contribution in [3.05, 3.63) is 30.5 Å². The van der Waals surface area contributed by atoms with Gasteiger partial charge in [-0.1, -0.05) is 12.1 Å². The van der Waals surface area contributed by atoms with Crippen LogP contribution in [-0.4, -0.2) is 34.1 Å². The molecule has 1 aromatic carbocycles. The van der Waals surface area contributed by atoms with Crippen molar-refractivity contribution < 1.29 is 9.90 Å². The first-order valence-corrected chi connectivity index (χ1v) is 5.39. The van der Waals surface area contributed by atoms with Gasteiger partial charge in [0.2, 0.25) is 0 Å². The molecule has 0 saturated carbocycles. The third-order valence-electron chi connectivity index (χ3n) is 2.47. The largest absolute Gasteiger partial charge is 0.480 e. The van der Waals surface area contributed by atoms with Gasteiger partial charge in [0.1, 0.15) is 12.4 Å². The summed E-state index contributed by atoms with van der Waals surface area (Å²) >= 11 is 0. The monoisotopic (exact) mass is 231 g/mol. The van der Waals surface area contributed by atoms with Crippen LogP contribution in [0.3, 0.4) is 0 Å². The lowest BCUT2D eigenvalue weighted by Gasteiger charge is -2.19. The van der Waals surface area contributed by atoms with E-state index in [4.69, 9.17) is 5.11 Å². The normalized spacial score (nSPS) is 10.4. The summed E-state index contributed by atoms with van der Waals surface area (Å²) in [6.45, 7) is 2.41. The maximum Gasteiger partial charge on any atom is 0.323 e. The van der Waals surface area contributed by atoms with E-state index in [1.165, 1.54) is 0 Å². The van der Waals surface area contributed by atoms with Gasteiger partial charge in [0, 0.05) is 6.54 Å². The molecule has 2 aromatic rings. The Morgan fingerprint density at radius 2 is 2.06 bits per heavy atom. The van der Waals surface area contributed by atoms with Gasteiger partial charge < -0.3 is 10.0 Å². The van der Waals surface area contributed by atoms with Crippen LogP contribution in [0.4, 0.5) is 5.82 Å². The lowest BCUT2D eigenvalue weighted by molar-refractivity contribution is -0.135. The van der Waals surface area contributed by atoms with Gasteiger partial charge in [0.25, 0.3) is 0 Å². The molecule has 0 atom stereocenters. The van der Waals surface area contributed by atoms with Crippen LogP contribution in [0.15, 0.2) is 30.5 Å². The number of hydrogen-bond donors (Lipinski definition) is 1. The molecule has 1 heterocycles. The van der Waals surface area contributed by atoms with Crippen LogP contribution >= 0.6 is 0 Å². The standard InChI is InChI=1S/C12H13N3O2/c1-2-15(8-12(16)17)11-7-13-9-5-3-4-6-10(9)14-11/h3-7H,2,8H2,1H3,(H,16,17). The molecule has 0 aliphatic carbocycles. The Bertz CT molecular complexity index is 542. The van der Waals surface area contributed by atoms with Gasteiger partial charge in [0.15, 0.2) is 0 Å². The Morgan fingerprint density at radius 1 is 1.35 bits per heavy atom. The summed E-state index contributed by atoms with van der Waals surface area (Å²) in [4.78, 5) is 21.0. The van der Waals surface area contributed by atoms with Gasteiger partial charge in [0.05, 0.1) is 17.2 Å². The molecule has 1 N–H and O–H groups in total. The third-order valence-corrected chi connectivity index (χ3v) is 2.47. The van der Waals surface area contributed by atoms with E-state index < -0.39 is 5.97 Å². The average molecular weight is 231 g/mol. The van der Waals surface area contributed by atoms with Crippen molar-refractivity contribution in [1.29, 1.82) is 0 Å². The Kier molecular flexibility index (Phi) is 3.18. The van der Waals surface area contributed by atoms with Gasteiger partial charge in [-0.3, -0.25) is 9.78 Å². The Balaban J connectivity index is 2.37. The summed E-state index contributed by atoms with van der Waals surface area (Å²) in [6, 6.07) is 7.51. The van der Waals surface area contributed by atoms with Gasteiger partial charge in [-0.15, -0.1) is 0 Å². The second kappa shape index (κ2) is 4.78. The van der Waals surface area contributed by atoms with E-state index in [-0.39, 0.29) is 6.54 Å². The molecule has 5 nitrogen and oxygen atoms in total. The number of anilines is 1. The highest BCUT2D eigenvalue weighted by Crippen LogP contribution is 2.14. The lowest BCUT2D eigenvalue weighted by Crippen LogP contribution is -2.30. The van der Waals surface area contributed by atoms with Crippen LogP contribution in [0.1, 0.15) is 6.92 Å². The molecule has 5 heteroatoms. The highest BCUT2D eigenvalue weighted by atomic mass is 16.4. The molecule has 17 heavy (non-hydrogen) atoms. The summed E-state index contributed by atoms with van der Waals surface area (Å²) in [5, 5.41) is 8.80. The molecular formula is C12H13N3O2. The van der Waals surface area contributed by atoms with Crippen molar-refractivity contribution in [2.45, 2.75) is 6.92 Å². The number of hydrogen-bond acceptors (Lipinski definition) is 4. The van der Waals surface area contributed by atoms with Crippen molar-refractivity contribution in [2.75, 3.05) is 18.0 Å². The predicted molar refractivity (Wildman–Crippen MR) is 65.1 cm³/mol. The Labute approximate surface area is 98.7 Å². The number of benzene rings is 1. The van der Waals surface area contributed by atoms with Gasteiger partial charge in [-0.25, -0.2) is 4.98 Å². The zero-order valence-electron chi connectivity index (χ0n) is 9.50. The number of carboxylic acid groups (broad SMARTS) is 1. The lowest BCUT2D eigenvalue weighted by atomic mass is 10.3. The number of fused-ring (bicyclic) bond motifs is 1. The second-order valence-corrected chi connectivity index (χ2v) is 3.62. The van der Waals surface area contributed by atoms with Crippen LogP contribution in [0.5, 0.6) is 0 Å². The molecule has 0 radical (unpaired) electrons. The number of likely N-dealkylation sites (N-methyl/N-ethyl adjacent to an activating group) is 1. The molecule has 0 unspecified atom stereocenters.